The summed E-state index contributed by atoms with van der Waals surface area (Å²) < 4.78 is 6.07. The van der Waals surface area contributed by atoms with Crippen LogP contribution >= 0.6 is 22.6 Å². The maximum Gasteiger partial charge on any atom is 0.339 e. The number of aromatic carboxylic acids is 1. The fourth-order valence-electron chi connectivity index (χ4n) is 1.66. The standard InChI is InChI=1S/C15H12INO4/c16-10-6-7-13(12(8-10)15(19)20)21-9-14(18)17-11-4-2-1-3-5-11/h1-8H,9H2,(H,17,18)(H,19,20). The lowest BCUT2D eigenvalue weighted by molar-refractivity contribution is -0.118. The first-order valence-electron chi connectivity index (χ1n) is 6.07. The molecule has 2 aromatic carbocycles. The van der Waals surface area contributed by atoms with Gasteiger partial charge < -0.3 is 15.2 Å². The monoisotopic (exact) mass is 397 g/mol. The number of halogens is 1. The Morgan fingerprint density at radius 3 is 2.52 bits per heavy atom. The van der Waals surface area contributed by atoms with Crippen molar-refractivity contribution in [1.82, 2.24) is 0 Å². The van der Waals surface area contributed by atoms with E-state index in [4.69, 9.17) is 9.84 Å². The molecule has 0 bridgehead atoms. The van der Waals surface area contributed by atoms with E-state index in [0.717, 1.165) is 3.57 Å². The highest BCUT2D eigenvalue weighted by atomic mass is 127. The third kappa shape index (κ3) is 4.45. The predicted octanol–water partition coefficient (Wildman–Crippen LogP) is 3.01. The third-order valence-electron chi connectivity index (χ3n) is 2.59. The minimum atomic E-state index is -1.09. The van der Waals surface area contributed by atoms with Crippen LogP contribution in [0.25, 0.3) is 0 Å². The molecule has 5 nitrogen and oxygen atoms in total. The van der Waals surface area contributed by atoms with Gasteiger partial charge in [-0.3, -0.25) is 4.79 Å². The molecule has 0 fully saturated rings. The molecule has 0 spiro atoms. The Morgan fingerprint density at radius 1 is 1.14 bits per heavy atom. The second-order valence-electron chi connectivity index (χ2n) is 4.15. The number of benzene rings is 2. The Morgan fingerprint density at radius 2 is 1.86 bits per heavy atom. The molecule has 0 aliphatic carbocycles. The maximum absolute atomic E-state index is 11.7. The molecule has 0 aliphatic rings. The van der Waals surface area contributed by atoms with Crippen LogP contribution in [0.15, 0.2) is 48.5 Å². The first-order valence-corrected chi connectivity index (χ1v) is 7.14. The lowest BCUT2D eigenvalue weighted by Gasteiger charge is -2.10. The van der Waals surface area contributed by atoms with Crippen LogP contribution in [0.4, 0.5) is 5.69 Å². The van der Waals surface area contributed by atoms with Crippen molar-refractivity contribution in [3.63, 3.8) is 0 Å². The summed E-state index contributed by atoms with van der Waals surface area (Å²) >= 11 is 2.01. The van der Waals surface area contributed by atoms with Crippen LogP contribution in [0.1, 0.15) is 10.4 Å². The average Bonchev–Trinajstić information content (AvgIpc) is 2.47. The summed E-state index contributed by atoms with van der Waals surface area (Å²) in [6.07, 6.45) is 0. The molecule has 0 aromatic heterocycles. The van der Waals surface area contributed by atoms with Crippen LogP contribution in [0.5, 0.6) is 5.75 Å². The van der Waals surface area contributed by atoms with E-state index < -0.39 is 5.97 Å². The fraction of sp³-hybridized carbons (Fsp3) is 0.0667. The Hall–Kier alpha value is -2.09. The van der Waals surface area contributed by atoms with Crippen molar-refractivity contribution in [2.45, 2.75) is 0 Å². The van der Waals surface area contributed by atoms with Gasteiger partial charge in [-0.25, -0.2) is 4.79 Å². The predicted molar refractivity (Wildman–Crippen MR) is 86.7 cm³/mol. The Labute approximate surface area is 135 Å². The van der Waals surface area contributed by atoms with Gasteiger partial charge in [-0.2, -0.15) is 0 Å². The molecule has 2 aromatic rings. The van der Waals surface area contributed by atoms with Gasteiger partial charge in [-0.05, 0) is 52.9 Å². The quantitative estimate of drug-likeness (QED) is 0.761. The third-order valence-corrected chi connectivity index (χ3v) is 3.26. The minimum Gasteiger partial charge on any atom is -0.483 e. The van der Waals surface area contributed by atoms with Crippen molar-refractivity contribution < 1.29 is 19.4 Å². The number of hydrogen-bond acceptors (Lipinski definition) is 3. The summed E-state index contributed by atoms with van der Waals surface area (Å²) in [5.74, 6) is -1.27. The van der Waals surface area contributed by atoms with E-state index in [1.807, 2.05) is 28.7 Å². The van der Waals surface area contributed by atoms with Crippen molar-refractivity contribution in [3.05, 3.63) is 57.7 Å². The molecule has 0 aliphatic heterocycles. The van der Waals surface area contributed by atoms with E-state index in [9.17, 15) is 9.59 Å². The molecule has 21 heavy (non-hydrogen) atoms. The zero-order valence-electron chi connectivity index (χ0n) is 10.9. The van der Waals surface area contributed by atoms with Crippen molar-refractivity contribution in [2.24, 2.45) is 0 Å². The molecule has 0 saturated heterocycles. The van der Waals surface area contributed by atoms with Crippen LogP contribution in [-0.2, 0) is 4.79 Å². The number of anilines is 1. The molecule has 2 N–H and O–H groups in total. The molecule has 0 heterocycles. The van der Waals surface area contributed by atoms with Gasteiger partial charge in [0.1, 0.15) is 11.3 Å². The number of rotatable bonds is 5. The number of hydrogen-bond donors (Lipinski definition) is 2. The summed E-state index contributed by atoms with van der Waals surface area (Å²) in [6.45, 7) is -0.254. The summed E-state index contributed by atoms with van der Waals surface area (Å²) in [5.41, 5.74) is 0.696. The normalized spacial score (nSPS) is 9.95. The lowest BCUT2D eigenvalue weighted by Crippen LogP contribution is -2.20. The van der Waals surface area contributed by atoms with Crippen molar-refractivity contribution in [1.29, 1.82) is 0 Å². The van der Waals surface area contributed by atoms with E-state index in [1.165, 1.54) is 6.07 Å². The molecule has 2 rings (SSSR count). The minimum absolute atomic E-state index is 0.0365. The number of ether oxygens (including phenoxy) is 1. The summed E-state index contributed by atoms with van der Waals surface area (Å²) in [5, 5.41) is 11.8. The number of para-hydroxylation sites is 1. The number of carbonyl (C=O) groups is 2. The number of amides is 1. The molecular weight excluding hydrogens is 385 g/mol. The van der Waals surface area contributed by atoms with Crippen LogP contribution in [0.3, 0.4) is 0 Å². The number of carbonyl (C=O) groups excluding carboxylic acids is 1. The SMILES string of the molecule is O=C(COc1ccc(I)cc1C(=O)O)Nc1ccccc1. The van der Waals surface area contributed by atoms with E-state index >= 15 is 0 Å². The van der Waals surface area contributed by atoms with Gasteiger partial charge >= 0.3 is 5.97 Å². The molecule has 0 unspecified atom stereocenters. The Balaban J connectivity index is 2.00. The average molecular weight is 397 g/mol. The summed E-state index contributed by atoms with van der Waals surface area (Å²) in [7, 11) is 0. The van der Waals surface area contributed by atoms with Crippen molar-refractivity contribution in [3.8, 4) is 5.75 Å². The first kappa shape index (κ1) is 15.3. The molecule has 108 valence electrons. The fourth-order valence-corrected chi connectivity index (χ4v) is 2.15. The van der Waals surface area contributed by atoms with Gasteiger partial charge in [0, 0.05) is 9.26 Å². The Bertz CT molecular complexity index is 658. The second-order valence-corrected chi connectivity index (χ2v) is 5.39. The maximum atomic E-state index is 11.7. The van der Waals surface area contributed by atoms with Crippen LogP contribution in [-0.4, -0.2) is 23.6 Å². The molecular formula is C15H12INO4. The van der Waals surface area contributed by atoms with Gasteiger partial charge in [0.25, 0.3) is 5.91 Å². The number of carboxylic acids is 1. The highest BCUT2D eigenvalue weighted by Crippen LogP contribution is 2.21. The van der Waals surface area contributed by atoms with Gasteiger partial charge in [-0.15, -0.1) is 0 Å². The van der Waals surface area contributed by atoms with E-state index in [1.54, 1.807) is 36.4 Å². The van der Waals surface area contributed by atoms with E-state index in [2.05, 4.69) is 5.32 Å². The summed E-state index contributed by atoms with van der Waals surface area (Å²) in [6, 6.07) is 13.7. The van der Waals surface area contributed by atoms with E-state index in [0.29, 0.717) is 5.69 Å². The zero-order valence-corrected chi connectivity index (χ0v) is 13.0. The smallest absolute Gasteiger partial charge is 0.339 e. The number of nitrogens with one attached hydrogen (secondary N) is 1. The highest BCUT2D eigenvalue weighted by Gasteiger charge is 2.13. The molecule has 0 radical (unpaired) electrons. The largest absolute Gasteiger partial charge is 0.483 e. The van der Waals surface area contributed by atoms with Crippen LogP contribution in [0, 0.1) is 3.57 Å². The summed E-state index contributed by atoms with van der Waals surface area (Å²) in [4.78, 5) is 22.9. The molecule has 1 amide bonds. The highest BCUT2D eigenvalue weighted by molar-refractivity contribution is 14.1. The van der Waals surface area contributed by atoms with Crippen molar-refractivity contribution >= 4 is 40.2 Å². The molecule has 0 saturated carbocycles. The Kier molecular flexibility index (Phi) is 5.15. The van der Waals surface area contributed by atoms with Crippen LogP contribution < -0.4 is 10.1 Å². The van der Waals surface area contributed by atoms with Gasteiger partial charge in [-0.1, -0.05) is 18.2 Å². The second kappa shape index (κ2) is 7.07. The molecule has 0 atom stereocenters. The van der Waals surface area contributed by atoms with Gasteiger partial charge in [0.2, 0.25) is 0 Å². The topological polar surface area (TPSA) is 75.6 Å². The van der Waals surface area contributed by atoms with Gasteiger partial charge in [0.05, 0.1) is 0 Å². The first-order chi connectivity index (χ1) is 10.1. The van der Waals surface area contributed by atoms with Gasteiger partial charge in [0.15, 0.2) is 6.61 Å². The van der Waals surface area contributed by atoms with Crippen LogP contribution in [0.2, 0.25) is 0 Å². The lowest BCUT2D eigenvalue weighted by atomic mass is 10.2. The number of carboxylic acid groups (broad SMARTS) is 1. The zero-order chi connectivity index (χ0) is 15.2. The van der Waals surface area contributed by atoms with Crippen molar-refractivity contribution in [2.75, 3.05) is 11.9 Å². The molecule has 6 heteroatoms. The van der Waals surface area contributed by atoms with E-state index in [-0.39, 0.29) is 23.8 Å².